The summed E-state index contributed by atoms with van der Waals surface area (Å²) < 4.78 is 31.2. The van der Waals surface area contributed by atoms with Crippen LogP contribution in [0.15, 0.2) is 23.2 Å². The minimum atomic E-state index is -3.93. The van der Waals surface area contributed by atoms with Gasteiger partial charge in [0, 0.05) is 6.07 Å². The lowest BCUT2D eigenvalue weighted by Crippen LogP contribution is -2.44. The van der Waals surface area contributed by atoms with Gasteiger partial charge in [-0.3, -0.25) is 4.79 Å². The number of aliphatic carboxylic acids is 1. The van der Waals surface area contributed by atoms with Gasteiger partial charge in [0.25, 0.3) is 0 Å². The predicted molar refractivity (Wildman–Crippen MR) is 72.0 cm³/mol. The Morgan fingerprint density at radius 1 is 1.50 bits per heavy atom. The molecule has 1 rings (SSSR count). The van der Waals surface area contributed by atoms with Crippen LogP contribution in [0.4, 0.5) is 0 Å². The van der Waals surface area contributed by atoms with Crippen LogP contribution in [-0.4, -0.2) is 37.6 Å². The Bertz CT molecular complexity index is 556. The summed E-state index contributed by atoms with van der Waals surface area (Å²) >= 11 is 0. The molecule has 0 aromatic carbocycles. The van der Waals surface area contributed by atoms with Gasteiger partial charge in [-0.05, 0) is 12.0 Å². The van der Waals surface area contributed by atoms with Crippen molar-refractivity contribution in [2.45, 2.75) is 31.2 Å². The van der Waals surface area contributed by atoms with Gasteiger partial charge in [-0.2, -0.15) is 4.72 Å². The number of methoxy groups -OCH3 is 1. The van der Waals surface area contributed by atoms with E-state index < -0.39 is 22.0 Å². The summed E-state index contributed by atoms with van der Waals surface area (Å²) in [5, 5.41) is 9.10. The van der Waals surface area contributed by atoms with Crippen molar-refractivity contribution < 1.29 is 23.1 Å². The highest BCUT2D eigenvalue weighted by molar-refractivity contribution is 7.89. The van der Waals surface area contributed by atoms with E-state index in [-0.39, 0.29) is 16.7 Å². The van der Waals surface area contributed by atoms with Crippen molar-refractivity contribution in [3.8, 4) is 5.88 Å². The number of ether oxygens (including phenoxy) is 1. The van der Waals surface area contributed by atoms with E-state index in [1.807, 2.05) is 0 Å². The average Bonchev–Trinajstić information content (AvgIpc) is 2.43. The monoisotopic (exact) mass is 302 g/mol. The highest BCUT2D eigenvalue weighted by Gasteiger charge is 2.29. The number of nitrogens with zero attached hydrogens (tertiary/aromatic N) is 1. The van der Waals surface area contributed by atoms with E-state index in [2.05, 4.69) is 9.71 Å². The van der Waals surface area contributed by atoms with Gasteiger partial charge < -0.3 is 9.84 Å². The third-order valence-electron chi connectivity index (χ3n) is 2.99. The lowest BCUT2D eigenvalue weighted by atomic mass is 10.0. The van der Waals surface area contributed by atoms with E-state index in [0.717, 1.165) is 6.20 Å². The molecule has 1 aromatic heterocycles. The standard InChI is InChI=1S/C12H18N2O5S/c1-4-8(2)11(12(15)16)14-20(17,18)9-5-6-10(19-3)13-7-9/h5-8,11,14H,4H2,1-3H3,(H,15,16)/t8-,11-/m0/s1. The fraction of sp³-hybridized carbons (Fsp3) is 0.500. The SMILES string of the molecule is CC[C@H](C)[C@H](NS(=O)(=O)c1ccc(OC)nc1)C(=O)O. The Morgan fingerprint density at radius 3 is 2.55 bits per heavy atom. The molecule has 8 heteroatoms. The zero-order chi connectivity index (χ0) is 15.3. The largest absolute Gasteiger partial charge is 0.481 e. The molecule has 0 unspecified atom stereocenters. The molecule has 0 spiro atoms. The fourth-order valence-corrected chi connectivity index (χ4v) is 2.77. The van der Waals surface area contributed by atoms with Crippen LogP contribution in [0.1, 0.15) is 20.3 Å². The van der Waals surface area contributed by atoms with Crippen LogP contribution in [-0.2, 0) is 14.8 Å². The van der Waals surface area contributed by atoms with Crippen molar-refractivity contribution in [1.82, 2.24) is 9.71 Å². The van der Waals surface area contributed by atoms with E-state index in [0.29, 0.717) is 6.42 Å². The molecule has 0 aliphatic carbocycles. The Labute approximate surface area is 118 Å². The number of pyridine rings is 1. The summed E-state index contributed by atoms with van der Waals surface area (Å²) in [7, 11) is -2.52. The van der Waals surface area contributed by atoms with E-state index in [1.54, 1.807) is 13.8 Å². The lowest BCUT2D eigenvalue weighted by Gasteiger charge is -2.20. The number of sulfonamides is 1. The molecule has 0 fully saturated rings. The minimum absolute atomic E-state index is 0.104. The van der Waals surface area contributed by atoms with Crippen molar-refractivity contribution in [3.63, 3.8) is 0 Å². The molecular formula is C12H18N2O5S. The van der Waals surface area contributed by atoms with E-state index in [4.69, 9.17) is 9.84 Å². The quantitative estimate of drug-likeness (QED) is 0.774. The van der Waals surface area contributed by atoms with Crippen LogP contribution < -0.4 is 9.46 Å². The van der Waals surface area contributed by atoms with Gasteiger partial charge in [0.2, 0.25) is 15.9 Å². The van der Waals surface area contributed by atoms with E-state index >= 15 is 0 Å². The first-order valence-electron chi connectivity index (χ1n) is 6.07. The Balaban J connectivity index is 3.00. The van der Waals surface area contributed by atoms with Crippen molar-refractivity contribution in [2.75, 3.05) is 7.11 Å². The highest BCUT2D eigenvalue weighted by atomic mass is 32.2. The first-order chi connectivity index (χ1) is 9.31. The summed E-state index contributed by atoms with van der Waals surface area (Å²) in [6.07, 6.45) is 1.66. The second kappa shape index (κ2) is 6.67. The molecule has 2 N–H and O–H groups in total. The number of hydrogen-bond donors (Lipinski definition) is 2. The number of rotatable bonds is 7. The van der Waals surface area contributed by atoms with Crippen molar-refractivity contribution in [3.05, 3.63) is 18.3 Å². The summed E-state index contributed by atoms with van der Waals surface area (Å²) in [6.45, 7) is 3.47. The molecule has 0 radical (unpaired) electrons. The molecule has 0 aliphatic rings. The summed E-state index contributed by atoms with van der Waals surface area (Å²) in [5.74, 6) is -1.25. The van der Waals surface area contributed by atoms with Gasteiger partial charge in [0.15, 0.2) is 0 Å². The number of carboxylic acids is 1. The summed E-state index contributed by atoms with van der Waals surface area (Å²) in [4.78, 5) is 14.8. The maximum absolute atomic E-state index is 12.1. The molecule has 0 aliphatic heterocycles. The van der Waals surface area contributed by atoms with E-state index in [9.17, 15) is 13.2 Å². The highest BCUT2D eigenvalue weighted by Crippen LogP contribution is 2.15. The first-order valence-corrected chi connectivity index (χ1v) is 7.55. The lowest BCUT2D eigenvalue weighted by molar-refractivity contribution is -0.140. The van der Waals surface area contributed by atoms with Crippen LogP contribution in [0, 0.1) is 5.92 Å². The van der Waals surface area contributed by atoms with Crippen LogP contribution >= 0.6 is 0 Å². The Morgan fingerprint density at radius 2 is 2.15 bits per heavy atom. The van der Waals surface area contributed by atoms with Gasteiger partial charge >= 0.3 is 5.97 Å². The van der Waals surface area contributed by atoms with Crippen LogP contribution in [0.3, 0.4) is 0 Å². The number of hydrogen-bond acceptors (Lipinski definition) is 5. The van der Waals surface area contributed by atoms with Gasteiger partial charge in [-0.15, -0.1) is 0 Å². The molecular weight excluding hydrogens is 284 g/mol. The summed E-state index contributed by atoms with van der Waals surface area (Å²) in [5.41, 5.74) is 0. The second-order valence-corrected chi connectivity index (χ2v) is 6.07. The van der Waals surface area contributed by atoms with Gasteiger partial charge in [-0.1, -0.05) is 20.3 Å². The van der Waals surface area contributed by atoms with E-state index in [1.165, 1.54) is 19.2 Å². The van der Waals surface area contributed by atoms with Gasteiger partial charge in [0.05, 0.1) is 13.3 Å². The maximum atomic E-state index is 12.1. The average molecular weight is 302 g/mol. The number of carboxylic acid groups (broad SMARTS) is 1. The fourth-order valence-electron chi connectivity index (χ4n) is 1.53. The molecule has 20 heavy (non-hydrogen) atoms. The van der Waals surface area contributed by atoms with Crippen LogP contribution in [0.5, 0.6) is 5.88 Å². The number of aromatic nitrogens is 1. The molecule has 0 amide bonds. The second-order valence-electron chi connectivity index (χ2n) is 4.36. The Kier molecular flexibility index (Phi) is 5.46. The molecule has 7 nitrogen and oxygen atoms in total. The van der Waals surface area contributed by atoms with Crippen LogP contribution in [0.2, 0.25) is 0 Å². The third kappa shape index (κ3) is 3.91. The number of nitrogens with one attached hydrogen (secondary N) is 1. The molecule has 1 heterocycles. The minimum Gasteiger partial charge on any atom is -0.481 e. The summed E-state index contributed by atoms with van der Waals surface area (Å²) in [6, 6.07) is 1.53. The normalized spacial score (nSPS) is 14.6. The third-order valence-corrected chi connectivity index (χ3v) is 4.42. The van der Waals surface area contributed by atoms with Crippen molar-refractivity contribution in [1.29, 1.82) is 0 Å². The Hall–Kier alpha value is -1.67. The van der Waals surface area contributed by atoms with Gasteiger partial charge in [-0.25, -0.2) is 13.4 Å². The van der Waals surface area contributed by atoms with Crippen molar-refractivity contribution in [2.24, 2.45) is 5.92 Å². The van der Waals surface area contributed by atoms with Crippen LogP contribution in [0.25, 0.3) is 0 Å². The smallest absolute Gasteiger partial charge is 0.322 e. The zero-order valence-electron chi connectivity index (χ0n) is 11.5. The topological polar surface area (TPSA) is 106 Å². The molecule has 2 atom stereocenters. The zero-order valence-corrected chi connectivity index (χ0v) is 12.3. The van der Waals surface area contributed by atoms with Gasteiger partial charge in [0.1, 0.15) is 10.9 Å². The molecule has 0 bridgehead atoms. The molecule has 0 saturated carbocycles. The molecule has 1 aromatic rings. The number of carbonyl (C=O) groups is 1. The van der Waals surface area contributed by atoms with Crippen molar-refractivity contribution >= 4 is 16.0 Å². The molecule has 112 valence electrons. The molecule has 0 saturated heterocycles. The predicted octanol–water partition coefficient (Wildman–Crippen LogP) is 0.868. The maximum Gasteiger partial charge on any atom is 0.322 e. The first kappa shape index (κ1) is 16.4.